The summed E-state index contributed by atoms with van der Waals surface area (Å²) in [5.74, 6) is 0.00000278. The third-order valence-corrected chi connectivity index (χ3v) is 5.54. The van der Waals surface area contributed by atoms with Crippen LogP contribution in [0.15, 0.2) is 18.3 Å². The Labute approximate surface area is 154 Å². The van der Waals surface area contributed by atoms with Crippen molar-refractivity contribution in [2.45, 2.75) is 44.7 Å². The van der Waals surface area contributed by atoms with Gasteiger partial charge in [-0.05, 0) is 58.8 Å². The number of anilines is 1. The first-order chi connectivity index (χ1) is 11.9. The van der Waals surface area contributed by atoms with Crippen LogP contribution in [0.4, 0.5) is 5.69 Å². The van der Waals surface area contributed by atoms with Crippen molar-refractivity contribution >= 4 is 34.1 Å². The van der Waals surface area contributed by atoms with Crippen LogP contribution in [0.25, 0.3) is 11.0 Å². The fourth-order valence-corrected chi connectivity index (χ4v) is 3.94. The minimum atomic E-state index is 0.00000278. The van der Waals surface area contributed by atoms with Gasteiger partial charge in [0.15, 0.2) is 5.78 Å². The lowest BCUT2D eigenvalue weighted by Gasteiger charge is -2.38. The first kappa shape index (κ1) is 18.1. The van der Waals surface area contributed by atoms with Crippen LogP contribution in [-0.2, 0) is 0 Å². The maximum atomic E-state index is 12.2. The van der Waals surface area contributed by atoms with E-state index >= 15 is 0 Å². The minimum absolute atomic E-state index is 0.00000278. The van der Waals surface area contributed by atoms with Crippen molar-refractivity contribution in [1.82, 2.24) is 14.9 Å². The summed E-state index contributed by atoms with van der Waals surface area (Å²) >= 11 is 6.12. The zero-order valence-corrected chi connectivity index (χ0v) is 16.0. The number of fused-ring (bicyclic) bond motifs is 1. The van der Waals surface area contributed by atoms with E-state index in [1.807, 2.05) is 6.07 Å². The van der Waals surface area contributed by atoms with Gasteiger partial charge in [0.05, 0.1) is 16.8 Å². The summed E-state index contributed by atoms with van der Waals surface area (Å²) in [6.45, 7) is 1.58. The Morgan fingerprint density at radius 2 is 1.76 bits per heavy atom. The lowest BCUT2D eigenvalue weighted by Crippen LogP contribution is -2.41. The standard InChI is InChI=1S/C19H25ClN4O/c1-12(25)15-11-21-16-9-10-17(20)22-18(16)19(15)24(4)14-7-5-13(6-8-14)23(2)3/h9-11,13-14H,5-8H2,1-4H3. The third-order valence-electron chi connectivity index (χ3n) is 5.33. The average molecular weight is 361 g/mol. The summed E-state index contributed by atoms with van der Waals surface area (Å²) in [7, 11) is 6.35. The monoisotopic (exact) mass is 360 g/mol. The molecule has 0 atom stereocenters. The smallest absolute Gasteiger partial charge is 0.163 e. The number of pyridine rings is 2. The summed E-state index contributed by atoms with van der Waals surface area (Å²) in [6.07, 6.45) is 6.18. The SMILES string of the molecule is CC(=O)c1cnc2ccc(Cl)nc2c1N(C)C1CCC(N(C)C)CC1. The zero-order valence-electron chi connectivity index (χ0n) is 15.3. The van der Waals surface area contributed by atoms with Crippen molar-refractivity contribution in [2.75, 3.05) is 26.0 Å². The van der Waals surface area contributed by atoms with E-state index in [1.165, 1.54) is 0 Å². The molecule has 0 radical (unpaired) electrons. The zero-order chi connectivity index (χ0) is 18.1. The van der Waals surface area contributed by atoms with Gasteiger partial charge in [0.1, 0.15) is 10.7 Å². The molecule has 1 aliphatic carbocycles. The van der Waals surface area contributed by atoms with Gasteiger partial charge in [-0.15, -0.1) is 0 Å². The summed E-state index contributed by atoms with van der Waals surface area (Å²) in [5.41, 5.74) is 2.93. The fourth-order valence-electron chi connectivity index (χ4n) is 3.79. The molecule has 0 amide bonds. The number of hydrogen-bond donors (Lipinski definition) is 0. The van der Waals surface area contributed by atoms with Crippen molar-refractivity contribution in [2.24, 2.45) is 0 Å². The highest BCUT2D eigenvalue weighted by Gasteiger charge is 2.28. The molecular weight excluding hydrogens is 336 g/mol. The first-order valence-corrected chi connectivity index (χ1v) is 9.11. The topological polar surface area (TPSA) is 49.3 Å². The van der Waals surface area contributed by atoms with E-state index in [0.717, 1.165) is 36.9 Å². The molecule has 0 N–H and O–H groups in total. The normalized spacial score (nSPS) is 20.9. The number of rotatable bonds is 4. The molecule has 0 saturated heterocycles. The Balaban J connectivity index is 2.00. The summed E-state index contributed by atoms with van der Waals surface area (Å²) in [6, 6.07) is 4.62. The highest BCUT2D eigenvalue weighted by molar-refractivity contribution is 6.30. The van der Waals surface area contributed by atoms with Gasteiger partial charge in [0, 0.05) is 25.3 Å². The van der Waals surface area contributed by atoms with Crippen LogP contribution in [0.1, 0.15) is 43.0 Å². The van der Waals surface area contributed by atoms with Crippen LogP contribution in [0.3, 0.4) is 0 Å². The van der Waals surface area contributed by atoms with E-state index in [2.05, 4.69) is 40.9 Å². The van der Waals surface area contributed by atoms with E-state index in [9.17, 15) is 4.79 Å². The molecule has 25 heavy (non-hydrogen) atoms. The summed E-state index contributed by atoms with van der Waals surface area (Å²) in [4.78, 5) is 25.6. The molecule has 2 aromatic rings. The molecule has 1 saturated carbocycles. The van der Waals surface area contributed by atoms with Gasteiger partial charge in [-0.2, -0.15) is 0 Å². The van der Waals surface area contributed by atoms with Crippen molar-refractivity contribution in [1.29, 1.82) is 0 Å². The van der Waals surface area contributed by atoms with Crippen LogP contribution in [0.2, 0.25) is 5.15 Å². The number of halogens is 1. The Kier molecular flexibility index (Phi) is 5.25. The number of Topliss-reactive ketones (excluding diaryl/α,β-unsaturated/α-hetero) is 1. The number of ketones is 1. The van der Waals surface area contributed by atoms with E-state index in [1.54, 1.807) is 19.2 Å². The third kappa shape index (κ3) is 3.62. The van der Waals surface area contributed by atoms with Gasteiger partial charge in [-0.1, -0.05) is 11.6 Å². The predicted octanol–water partition coefficient (Wildman–Crippen LogP) is 3.79. The van der Waals surface area contributed by atoms with Crippen LogP contribution in [-0.4, -0.2) is 53.9 Å². The summed E-state index contributed by atoms with van der Waals surface area (Å²) < 4.78 is 0. The average Bonchev–Trinajstić information content (AvgIpc) is 2.60. The highest BCUT2D eigenvalue weighted by Crippen LogP contribution is 2.34. The molecule has 1 aliphatic rings. The second kappa shape index (κ2) is 7.26. The van der Waals surface area contributed by atoms with E-state index < -0.39 is 0 Å². The Bertz CT molecular complexity index is 784. The Hall–Kier alpha value is -1.72. The van der Waals surface area contributed by atoms with Crippen LogP contribution in [0.5, 0.6) is 0 Å². The molecule has 0 unspecified atom stereocenters. The van der Waals surface area contributed by atoms with E-state index in [0.29, 0.717) is 28.3 Å². The van der Waals surface area contributed by atoms with E-state index in [4.69, 9.17) is 11.6 Å². The van der Waals surface area contributed by atoms with Crippen LogP contribution < -0.4 is 4.90 Å². The lowest BCUT2D eigenvalue weighted by atomic mass is 9.89. The molecule has 2 heterocycles. The molecule has 0 aliphatic heterocycles. The largest absolute Gasteiger partial charge is 0.369 e. The molecule has 0 aromatic carbocycles. The second-order valence-corrected chi connectivity index (χ2v) is 7.50. The predicted molar refractivity (Wildman–Crippen MR) is 103 cm³/mol. The maximum Gasteiger partial charge on any atom is 0.163 e. The summed E-state index contributed by atoms with van der Waals surface area (Å²) in [5, 5.41) is 0.418. The van der Waals surface area contributed by atoms with Gasteiger partial charge < -0.3 is 9.80 Å². The van der Waals surface area contributed by atoms with Gasteiger partial charge >= 0.3 is 0 Å². The van der Waals surface area contributed by atoms with Crippen molar-refractivity contribution in [3.63, 3.8) is 0 Å². The Morgan fingerprint density at radius 1 is 1.12 bits per heavy atom. The van der Waals surface area contributed by atoms with Gasteiger partial charge in [0.25, 0.3) is 0 Å². The molecule has 134 valence electrons. The lowest BCUT2D eigenvalue weighted by molar-refractivity contribution is 0.101. The number of aromatic nitrogens is 2. The van der Waals surface area contributed by atoms with Crippen molar-refractivity contribution < 1.29 is 4.79 Å². The molecular formula is C19H25ClN4O. The van der Waals surface area contributed by atoms with Crippen LogP contribution >= 0.6 is 11.6 Å². The second-order valence-electron chi connectivity index (χ2n) is 7.12. The number of carbonyl (C=O) groups excluding carboxylic acids is 1. The Morgan fingerprint density at radius 3 is 2.36 bits per heavy atom. The molecule has 3 rings (SSSR count). The van der Waals surface area contributed by atoms with Gasteiger partial charge in [0.2, 0.25) is 0 Å². The quantitative estimate of drug-likeness (QED) is 0.613. The molecule has 0 spiro atoms. The minimum Gasteiger partial charge on any atom is -0.369 e. The fraction of sp³-hybridized carbons (Fsp3) is 0.526. The highest BCUT2D eigenvalue weighted by atomic mass is 35.5. The molecule has 1 fully saturated rings. The number of hydrogen-bond acceptors (Lipinski definition) is 5. The van der Waals surface area contributed by atoms with Gasteiger partial charge in [-0.3, -0.25) is 9.78 Å². The molecule has 0 bridgehead atoms. The maximum absolute atomic E-state index is 12.2. The van der Waals surface area contributed by atoms with Crippen molar-refractivity contribution in [3.8, 4) is 0 Å². The van der Waals surface area contributed by atoms with E-state index in [-0.39, 0.29) is 5.78 Å². The van der Waals surface area contributed by atoms with Gasteiger partial charge in [-0.25, -0.2) is 4.98 Å². The van der Waals surface area contributed by atoms with Crippen LogP contribution in [0, 0.1) is 0 Å². The first-order valence-electron chi connectivity index (χ1n) is 8.74. The number of nitrogens with zero attached hydrogens (tertiary/aromatic N) is 4. The molecule has 6 heteroatoms. The molecule has 5 nitrogen and oxygen atoms in total. The van der Waals surface area contributed by atoms with Crippen molar-refractivity contribution in [3.05, 3.63) is 29.0 Å². The number of carbonyl (C=O) groups is 1. The molecule has 2 aromatic heterocycles.